The highest BCUT2D eigenvalue weighted by molar-refractivity contribution is 4.80. The second-order valence-electron chi connectivity index (χ2n) is 11.6. The lowest BCUT2D eigenvalue weighted by Crippen LogP contribution is -2.08. The van der Waals surface area contributed by atoms with Crippen molar-refractivity contribution in [2.24, 2.45) is 11.8 Å². The van der Waals surface area contributed by atoms with Gasteiger partial charge in [0, 0.05) is 0 Å². The first-order chi connectivity index (χ1) is 16.8. The molecule has 0 nitrogen and oxygen atoms in total. The molecule has 0 fully saturated rings. The van der Waals surface area contributed by atoms with E-state index in [1.807, 2.05) is 0 Å². The van der Waals surface area contributed by atoms with E-state index < -0.39 is 0 Å². The predicted octanol–water partition coefficient (Wildman–Crippen LogP) is 13.0. The van der Waals surface area contributed by atoms with Crippen LogP contribution in [0.2, 0.25) is 0 Å². The van der Waals surface area contributed by atoms with Gasteiger partial charge in [0.2, 0.25) is 0 Å². The molecule has 0 heteroatoms. The van der Waals surface area contributed by atoms with Crippen LogP contribution >= 0.6 is 0 Å². The topological polar surface area (TPSA) is 0 Å². The Bertz CT molecular complexity index is 326. The zero-order chi connectivity index (χ0) is 25.0. The molecule has 0 heterocycles. The van der Waals surface area contributed by atoms with Crippen LogP contribution in [0, 0.1) is 18.3 Å². The van der Waals surface area contributed by atoms with Crippen molar-refractivity contribution in [3.63, 3.8) is 0 Å². The maximum absolute atomic E-state index is 2.81. The lowest BCUT2D eigenvalue weighted by atomic mass is 9.84. The normalized spacial score (nSPS) is 12.6. The smallest absolute Gasteiger partial charge is 0.0352 e. The predicted molar refractivity (Wildman–Crippen MR) is 159 cm³/mol. The van der Waals surface area contributed by atoms with Gasteiger partial charge in [-0.05, 0) is 24.7 Å². The van der Waals surface area contributed by atoms with Gasteiger partial charge in [-0.15, -0.1) is 0 Å². The van der Waals surface area contributed by atoms with E-state index in [4.69, 9.17) is 0 Å². The second kappa shape index (κ2) is 29.2. The maximum atomic E-state index is 2.81. The van der Waals surface area contributed by atoms with Crippen molar-refractivity contribution in [3.8, 4) is 0 Å². The van der Waals surface area contributed by atoms with Crippen molar-refractivity contribution >= 4 is 0 Å². The summed E-state index contributed by atoms with van der Waals surface area (Å²) < 4.78 is 0. The van der Waals surface area contributed by atoms with Crippen LogP contribution in [0.5, 0.6) is 0 Å². The van der Waals surface area contributed by atoms with Gasteiger partial charge in [0.05, 0.1) is 0 Å². The Morgan fingerprint density at radius 1 is 0.353 bits per heavy atom. The molecule has 0 spiro atoms. The number of unbranched alkanes of at least 4 members (excludes halogenated alkanes) is 18. The van der Waals surface area contributed by atoms with Crippen molar-refractivity contribution in [2.45, 2.75) is 201 Å². The summed E-state index contributed by atoms with van der Waals surface area (Å²) in [5.74, 6) is 1.87. The van der Waals surface area contributed by atoms with E-state index in [0.717, 1.165) is 11.8 Å². The molecule has 0 rings (SSSR count). The third-order valence-corrected chi connectivity index (χ3v) is 8.09. The van der Waals surface area contributed by atoms with Gasteiger partial charge in [0.1, 0.15) is 0 Å². The van der Waals surface area contributed by atoms with Crippen LogP contribution in [-0.2, 0) is 0 Å². The van der Waals surface area contributed by atoms with E-state index in [1.165, 1.54) is 173 Å². The van der Waals surface area contributed by atoms with Gasteiger partial charge in [-0.1, -0.05) is 195 Å². The number of hydrogen-bond donors (Lipinski definition) is 0. The van der Waals surface area contributed by atoms with E-state index in [2.05, 4.69) is 34.1 Å². The molecule has 205 valence electrons. The molecular formula is C34H69. The van der Waals surface area contributed by atoms with E-state index in [9.17, 15) is 0 Å². The highest BCUT2D eigenvalue weighted by atomic mass is 14.2. The fourth-order valence-electron chi connectivity index (χ4n) is 5.58. The molecule has 1 atom stereocenters. The Labute approximate surface area is 219 Å². The van der Waals surface area contributed by atoms with Crippen molar-refractivity contribution in [1.82, 2.24) is 0 Å². The average Bonchev–Trinajstić information content (AvgIpc) is 2.85. The Morgan fingerprint density at radius 3 is 1.12 bits per heavy atom. The second-order valence-corrected chi connectivity index (χ2v) is 11.6. The van der Waals surface area contributed by atoms with Crippen LogP contribution in [0.15, 0.2) is 0 Å². The van der Waals surface area contributed by atoms with Crippen LogP contribution in [0.25, 0.3) is 0 Å². The third kappa shape index (κ3) is 25.1. The molecule has 0 aromatic carbocycles. The first kappa shape index (κ1) is 34.0. The SMILES string of the molecule is CCCCCCCCCCC(C[CH]C(CCCC)CCCCCC)CCCCCCCCCC. The van der Waals surface area contributed by atoms with Gasteiger partial charge in [-0.25, -0.2) is 0 Å². The van der Waals surface area contributed by atoms with Crippen molar-refractivity contribution < 1.29 is 0 Å². The minimum absolute atomic E-state index is 0.899. The number of rotatable bonds is 29. The minimum Gasteiger partial charge on any atom is -0.0654 e. The van der Waals surface area contributed by atoms with E-state index >= 15 is 0 Å². The standard InChI is InChI=1S/C34H69/c1-5-9-13-16-18-20-22-25-29-34(30-26-23-21-19-17-14-10-6-2)32-31-33(27-12-8-4)28-24-15-11-7-3/h31,33-34H,5-30,32H2,1-4H3. The lowest BCUT2D eigenvalue weighted by Gasteiger charge is -2.22. The van der Waals surface area contributed by atoms with E-state index in [-0.39, 0.29) is 0 Å². The van der Waals surface area contributed by atoms with Crippen molar-refractivity contribution in [3.05, 3.63) is 6.42 Å². The van der Waals surface area contributed by atoms with Crippen LogP contribution in [0.3, 0.4) is 0 Å². The van der Waals surface area contributed by atoms with Gasteiger partial charge in [0.25, 0.3) is 0 Å². The van der Waals surface area contributed by atoms with Crippen LogP contribution in [0.1, 0.15) is 201 Å². The highest BCUT2D eigenvalue weighted by Crippen LogP contribution is 2.28. The summed E-state index contributed by atoms with van der Waals surface area (Å²) in [4.78, 5) is 0. The molecule has 1 radical (unpaired) electrons. The van der Waals surface area contributed by atoms with Gasteiger partial charge in [-0.3, -0.25) is 0 Å². The molecule has 34 heavy (non-hydrogen) atoms. The molecular weight excluding hydrogens is 408 g/mol. The molecule has 0 aromatic rings. The Hall–Kier alpha value is 0. The quantitative estimate of drug-likeness (QED) is 0.0939. The fourth-order valence-corrected chi connectivity index (χ4v) is 5.58. The summed E-state index contributed by atoms with van der Waals surface area (Å²) in [6.45, 7) is 9.34. The fraction of sp³-hybridized carbons (Fsp3) is 0.971. The molecule has 0 saturated carbocycles. The van der Waals surface area contributed by atoms with Gasteiger partial charge in [0.15, 0.2) is 0 Å². The molecule has 0 bridgehead atoms. The Balaban J connectivity index is 4.30. The van der Waals surface area contributed by atoms with Crippen molar-refractivity contribution in [1.29, 1.82) is 0 Å². The highest BCUT2D eigenvalue weighted by Gasteiger charge is 2.14. The summed E-state index contributed by atoms with van der Waals surface area (Å²) in [5, 5.41) is 0. The molecule has 1 unspecified atom stereocenters. The zero-order valence-corrected chi connectivity index (χ0v) is 24.8. The first-order valence-corrected chi connectivity index (χ1v) is 16.6. The van der Waals surface area contributed by atoms with E-state index in [0.29, 0.717) is 0 Å². The average molecular weight is 478 g/mol. The van der Waals surface area contributed by atoms with Crippen LogP contribution in [-0.4, -0.2) is 0 Å². The molecule has 0 aliphatic rings. The zero-order valence-electron chi connectivity index (χ0n) is 24.8. The van der Waals surface area contributed by atoms with Crippen LogP contribution in [0.4, 0.5) is 0 Å². The number of hydrogen-bond acceptors (Lipinski definition) is 0. The molecule has 0 saturated heterocycles. The van der Waals surface area contributed by atoms with Gasteiger partial charge in [-0.2, -0.15) is 0 Å². The molecule has 0 aliphatic carbocycles. The molecule has 0 N–H and O–H groups in total. The Kier molecular flexibility index (Phi) is 29.2. The third-order valence-electron chi connectivity index (χ3n) is 8.09. The summed E-state index contributed by atoms with van der Waals surface area (Å²) in [6, 6.07) is 0. The van der Waals surface area contributed by atoms with Crippen molar-refractivity contribution in [2.75, 3.05) is 0 Å². The molecule has 0 aromatic heterocycles. The summed E-state index contributed by atoms with van der Waals surface area (Å²) in [6.07, 6.45) is 42.0. The van der Waals surface area contributed by atoms with E-state index in [1.54, 1.807) is 0 Å². The summed E-state index contributed by atoms with van der Waals surface area (Å²) in [5.41, 5.74) is 0. The monoisotopic (exact) mass is 478 g/mol. The lowest BCUT2D eigenvalue weighted by molar-refractivity contribution is 0.366. The van der Waals surface area contributed by atoms with Crippen LogP contribution < -0.4 is 0 Å². The maximum Gasteiger partial charge on any atom is -0.0352 e. The first-order valence-electron chi connectivity index (χ1n) is 16.6. The Morgan fingerprint density at radius 2 is 0.676 bits per heavy atom. The van der Waals surface area contributed by atoms with Gasteiger partial charge < -0.3 is 0 Å². The molecule has 0 amide bonds. The summed E-state index contributed by atoms with van der Waals surface area (Å²) >= 11 is 0. The van der Waals surface area contributed by atoms with Gasteiger partial charge >= 0.3 is 0 Å². The summed E-state index contributed by atoms with van der Waals surface area (Å²) in [7, 11) is 0. The largest absolute Gasteiger partial charge is 0.0654 e. The minimum atomic E-state index is 0.899. The molecule has 0 aliphatic heterocycles.